The van der Waals surface area contributed by atoms with Crippen molar-refractivity contribution in [2.24, 2.45) is 5.10 Å². The van der Waals surface area contributed by atoms with Crippen LogP contribution in [0.15, 0.2) is 60.2 Å². The van der Waals surface area contributed by atoms with Crippen molar-refractivity contribution >= 4 is 23.7 Å². The fourth-order valence-corrected chi connectivity index (χ4v) is 2.52. The van der Waals surface area contributed by atoms with Crippen molar-refractivity contribution in [2.75, 3.05) is 11.9 Å². The molecule has 7 heteroatoms. The Balaban J connectivity index is 1.78. The van der Waals surface area contributed by atoms with Gasteiger partial charge in [-0.3, -0.25) is 9.59 Å². The molecule has 0 radical (unpaired) electrons. The van der Waals surface area contributed by atoms with E-state index in [1.54, 1.807) is 48.5 Å². The first kappa shape index (κ1) is 21.7. The predicted octanol–water partition coefficient (Wildman–Crippen LogP) is 3.39. The summed E-state index contributed by atoms with van der Waals surface area (Å²) in [5, 5.41) is 16.7. The zero-order valence-electron chi connectivity index (χ0n) is 16.4. The molecule has 0 aliphatic rings. The highest BCUT2D eigenvalue weighted by atomic mass is 16.5. The van der Waals surface area contributed by atoms with Crippen molar-refractivity contribution in [3.05, 3.63) is 66.2 Å². The summed E-state index contributed by atoms with van der Waals surface area (Å²) in [4.78, 5) is 23.8. The van der Waals surface area contributed by atoms with Gasteiger partial charge in [0.25, 0.3) is 0 Å². The Labute approximate surface area is 170 Å². The van der Waals surface area contributed by atoms with Gasteiger partial charge in [-0.25, -0.2) is 5.43 Å². The molecule has 0 atom stereocenters. The first-order valence-electron chi connectivity index (χ1n) is 9.29. The van der Waals surface area contributed by atoms with Gasteiger partial charge in [0.2, 0.25) is 11.8 Å². The molecule has 7 nitrogen and oxygen atoms in total. The first-order chi connectivity index (χ1) is 14.0. The number of anilines is 1. The van der Waals surface area contributed by atoms with E-state index < -0.39 is 5.91 Å². The number of hydrogen-bond donors (Lipinski definition) is 3. The minimum atomic E-state index is -0.398. The average Bonchev–Trinajstić information content (AvgIpc) is 2.71. The van der Waals surface area contributed by atoms with Gasteiger partial charge in [0.15, 0.2) is 0 Å². The fraction of sp³-hybridized carbons (Fsp3) is 0.227. The smallest absolute Gasteiger partial charge is 0.240 e. The number of ether oxygens (including phenoxy) is 1. The van der Waals surface area contributed by atoms with E-state index in [9.17, 15) is 14.7 Å². The topological polar surface area (TPSA) is 100 Å². The van der Waals surface area contributed by atoms with E-state index in [0.717, 1.165) is 11.3 Å². The van der Waals surface area contributed by atoms with Gasteiger partial charge in [-0.1, -0.05) is 18.2 Å². The van der Waals surface area contributed by atoms with E-state index in [4.69, 9.17) is 4.74 Å². The number of phenols is 1. The Morgan fingerprint density at radius 1 is 1.14 bits per heavy atom. The summed E-state index contributed by atoms with van der Waals surface area (Å²) < 4.78 is 5.34. The van der Waals surface area contributed by atoms with E-state index in [1.807, 2.05) is 6.92 Å². The summed E-state index contributed by atoms with van der Waals surface area (Å²) in [7, 11) is 0. The monoisotopic (exact) mass is 395 g/mol. The van der Waals surface area contributed by atoms with Crippen molar-refractivity contribution in [2.45, 2.75) is 26.2 Å². The molecule has 0 unspecified atom stereocenters. The van der Waals surface area contributed by atoms with E-state index in [2.05, 4.69) is 22.4 Å². The number of hydrazone groups is 1. The number of hydrogen-bond acceptors (Lipinski definition) is 5. The Morgan fingerprint density at radius 2 is 1.86 bits per heavy atom. The van der Waals surface area contributed by atoms with Crippen LogP contribution in [0.1, 0.15) is 30.9 Å². The van der Waals surface area contributed by atoms with Gasteiger partial charge < -0.3 is 15.2 Å². The third kappa shape index (κ3) is 7.14. The molecule has 2 amide bonds. The van der Waals surface area contributed by atoms with Gasteiger partial charge >= 0.3 is 0 Å². The number of carbonyl (C=O) groups excluding carboxylic acids is 2. The van der Waals surface area contributed by atoms with Crippen molar-refractivity contribution in [1.29, 1.82) is 0 Å². The second-order valence-electron chi connectivity index (χ2n) is 6.15. The number of amides is 2. The maximum Gasteiger partial charge on any atom is 0.240 e. The maximum absolute atomic E-state index is 12.0. The maximum atomic E-state index is 12.0. The molecule has 0 heterocycles. The average molecular weight is 395 g/mol. The van der Waals surface area contributed by atoms with Crippen LogP contribution in [0.5, 0.6) is 11.5 Å². The standard InChI is InChI=1S/C22H25N3O4/c1-3-6-16-7-5-8-17(22(16)28)15-23-25-21(27)14-13-20(26)24-18-9-11-19(12-10-18)29-4-2/h3,5,7-12,15,28H,1,4,6,13-14H2,2H3,(H,24,26)(H,25,27)/b23-15+. The highest BCUT2D eigenvalue weighted by Crippen LogP contribution is 2.21. The van der Waals surface area contributed by atoms with Crippen LogP contribution in [-0.4, -0.2) is 29.7 Å². The molecule has 3 N–H and O–H groups in total. The molecule has 0 bridgehead atoms. The van der Waals surface area contributed by atoms with Crippen LogP contribution in [0.4, 0.5) is 5.69 Å². The van der Waals surface area contributed by atoms with Gasteiger partial charge in [0.1, 0.15) is 11.5 Å². The van der Waals surface area contributed by atoms with E-state index in [1.165, 1.54) is 6.21 Å². The molecule has 2 rings (SSSR count). The number of nitrogens with one attached hydrogen (secondary N) is 2. The van der Waals surface area contributed by atoms with Crippen LogP contribution >= 0.6 is 0 Å². The minimum absolute atomic E-state index is 0.0112. The van der Waals surface area contributed by atoms with E-state index in [-0.39, 0.29) is 24.5 Å². The molecule has 29 heavy (non-hydrogen) atoms. The van der Waals surface area contributed by atoms with Crippen LogP contribution in [-0.2, 0) is 16.0 Å². The lowest BCUT2D eigenvalue weighted by molar-refractivity contribution is -0.124. The molecule has 152 valence electrons. The number of aromatic hydroxyl groups is 1. The molecule has 0 fully saturated rings. The lowest BCUT2D eigenvalue weighted by Gasteiger charge is -2.07. The number of phenolic OH excluding ortho intramolecular Hbond substituents is 1. The molecule has 0 aromatic heterocycles. The number of rotatable bonds is 10. The zero-order valence-corrected chi connectivity index (χ0v) is 16.4. The highest BCUT2D eigenvalue weighted by molar-refractivity contribution is 5.93. The third-order valence-corrected chi connectivity index (χ3v) is 3.94. The second kappa shape index (κ2) is 11.3. The normalized spacial score (nSPS) is 10.5. The molecule has 2 aromatic carbocycles. The first-order valence-corrected chi connectivity index (χ1v) is 9.29. The summed E-state index contributed by atoms with van der Waals surface area (Å²) in [5.74, 6) is 0.150. The van der Waals surface area contributed by atoms with Crippen molar-refractivity contribution < 1.29 is 19.4 Å². The number of benzene rings is 2. The summed E-state index contributed by atoms with van der Waals surface area (Å²) in [6.45, 7) is 6.11. The van der Waals surface area contributed by atoms with Gasteiger partial charge in [-0.15, -0.1) is 6.58 Å². The van der Waals surface area contributed by atoms with E-state index in [0.29, 0.717) is 24.3 Å². The van der Waals surface area contributed by atoms with Crippen LogP contribution in [0, 0.1) is 0 Å². The number of nitrogens with zero attached hydrogens (tertiary/aromatic N) is 1. The summed E-state index contributed by atoms with van der Waals surface area (Å²) in [5.41, 5.74) is 4.19. The zero-order chi connectivity index (χ0) is 21.1. The predicted molar refractivity (Wildman–Crippen MR) is 113 cm³/mol. The van der Waals surface area contributed by atoms with Crippen molar-refractivity contribution in [1.82, 2.24) is 5.43 Å². The fourth-order valence-electron chi connectivity index (χ4n) is 2.52. The lowest BCUT2D eigenvalue weighted by Crippen LogP contribution is -2.20. The van der Waals surface area contributed by atoms with Crippen molar-refractivity contribution in [3.8, 4) is 11.5 Å². The largest absolute Gasteiger partial charge is 0.507 e. The highest BCUT2D eigenvalue weighted by Gasteiger charge is 2.08. The van der Waals surface area contributed by atoms with Crippen molar-refractivity contribution in [3.63, 3.8) is 0 Å². The van der Waals surface area contributed by atoms with Crippen LogP contribution in [0.2, 0.25) is 0 Å². The Hall–Kier alpha value is -3.61. The summed E-state index contributed by atoms with van der Waals surface area (Å²) >= 11 is 0. The van der Waals surface area contributed by atoms with Crippen LogP contribution < -0.4 is 15.5 Å². The van der Waals surface area contributed by atoms with Crippen LogP contribution in [0.3, 0.4) is 0 Å². The summed E-state index contributed by atoms with van der Waals surface area (Å²) in [6.07, 6.45) is 3.59. The molecule has 0 saturated heterocycles. The Kier molecular flexibility index (Phi) is 8.44. The molecular weight excluding hydrogens is 370 g/mol. The van der Waals surface area contributed by atoms with Gasteiger partial charge in [0.05, 0.1) is 12.8 Å². The quantitative estimate of drug-likeness (QED) is 0.326. The Morgan fingerprint density at radius 3 is 2.55 bits per heavy atom. The minimum Gasteiger partial charge on any atom is -0.507 e. The molecule has 0 aliphatic heterocycles. The lowest BCUT2D eigenvalue weighted by atomic mass is 10.1. The van der Waals surface area contributed by atoms with Gasteiger partial charge in [-0.2, -0.15) is 5.10 Å². The molecule has 2 aromatic rings. The third-order valence-electron chi connectivity index (χ3n) is 3.94. The van der Waals surface area contributed by atoms with Gasteiger partial charge in [0, 0.05) is 24.1 Å². The Bertz CT molecular complexity index is 876. The van der Waals surface area contributed by atoms with Crippen LogP contribution in [0.25, 0.3) is 0 Å². The molecule has 0 aliphatic carbocycles. The number of carbonyl (C=O) groups is 2. The number of allylic oxidation sites excluding steroid dienone is 1. The number of para-hydroxylation sites is 1. The second-order valence-corrected chi connectivity index (χ2v) is 6.15. The SMILES string of the molecule is C=CCc1cccc(/C=N/NC(=O)CCC(=O)Nc2ccc(OCC)cc2)c1O. The molecule has 0 spiro atoms. The van der Waals surface area contributed by atoms with E-state index >= 15 is 0 Å². The molecular formula is C22H25N3O4. The molecule has 0 saturated carbocycles. The van der Waals surface area contributed by atoms with Gasteiger partial charge in [-0.05, 0) is 49.2 Å². The summed E-state index contributed by atoms with van der Waals surface area (Å²) in [6, 6.07) is 12.3.